The number of amides is 3. The number of likely N-dealkylation sites (tertiary alicyclic amines) is 1. The lowest BCUT2D eigenvalue weighted by Gasteiger charge is -2.23. The number of nitriles is 1. The van der Waals surface area contributed by atoms with E-state index in [2.05, 4.69) is 11.4 Å². The first-order chi connectivity index (χ1) is 12.5. The molecule has 1 aliphatic carbocycles. The summed E-state index contributed by atoms with van der Waals surface area (Å²) in [6.45, 7) is 0.141. The molecule has 1 aromatic rings. The number of carbonyl (C=O) groups is 3. The molecule has 1 aromatic carbocycles. The van der Waals surface area contributed by atoms with E-state index in [1.54, 1.807) is 19.2 Å². The number of nitrogens with one attached hydrogen (secondary N) is 1. The SMILES string of the molecule is CN(CC(=O)N1CC(C(=O)Nc2ccccc2)CC1C#N)C(=O)C1CC1. The van der Waals surface area contributed by atoms with Crippen LogP contribution in [-0.4, -0.2) is 53.7 Å². The molecule has 136 valence electrons. The van der Waals surface area contributed by atoms with Crippen molar-refractivity contribution in [2.75, 3.05) is 25.5 Å². The lowest BCUT2D eigenvalue weighted by Crippen LogP contribution is -2.43. The summed E-state index contributed by atoms with van der Waals surface area (Å²) >= 11 is 0. The summed E-state index contributed by atoms with van der Waals surface area (Å²) in [6, 6.07) is 10.5. The first-order valence-electron chi connectivity index (χ1n) is 8.79. The Kier molecular flexibility index (Phi) is 5.21. The third-order valence-electron chi connectivity index (χ3n) is 4.86. The molecule has 2 atom stereocenters. The predicted molar refractivity (Wildman–Crippen MR) is 94.7 cm³/mol. The largest absolute Gasteiger partial charge is 0.336 e. The van der Waals surface area contributed by atoms with Crippen LogP contribution in [0.25, 0.3) is 0 Å². The zero-order chi connectivity index (χ0) is 18.7. The summed E-state index contributed by atoms with van der Waals surface area (Å²) < 4.78 is 0. The van der Waals surface area contributed by atoms with Crippen LogP contribution in [0.15, 0.2) is 30.3 Å². The molecule has 0 bridgehead atoms. The van der Waals surface area contributed by atoms with Gasteiger partial charge in [0, 0.05) is 25.2 Å². The molecular formula is C19H22N4O3. The number of para-hydroxylation sites is 1. The summed E-state index contributed by atoms with van der Waals surface area (Å²) in [6.07, 6.45) is 2.06. The van der Waals surface area contributed by atoms with E-state index in [1.165, 1.54) is 9.80 Å². The molecular weight excluding hydrogens is 332 g/mol. The van der Waals surface area contributed by atoms with Crippen LogP contribution < -0.4 is 5.32 Å². The van der Waals surface area contributed by atoms with E-state index < -0.39 is 12.0 Å². The number of nitrogens with zero attached hydrogens (tertiary/aromatic N) is 3. The fourth-order valence-corrected chi connectivity index (χ4v) is 3.20. The van der Waals surface area contributed by atoms with Gasteiger partial charge in [0.05, 0.1) is 18.5 Å². The van der Waals surface area contributed by atoms with E-state index >= 15 is 0 Å². The van der Waals surface area contributed by atoms with Gasteiger partial charge in [0.1, 0.15) is 6.04 Å². The number of benzene rings is 1. The van der Waals surface area contributed by atoms with Gasteiger partial charge in [0.2, 0.25) is 17.7 Å². The van der Waals surface area contributed by atoms with E-state index in [0.717, 1.165) is 12.8 Å². The van der Waals surface area contributed by atoms with Gasteiger partial charge in [-0.2, -0.15) is 5.26 Å². The Morgan fingerprint density at radius 1 is 1.23 bits per heavy atom. The molecule has 1 N–H and O–H groups in total. The second-order valence-electron chi connectivity index (χ2n) is 6.95. The molecule has 3 rings (SSSR count). The van der Waals surface area contributed by atoms with Crippen LogP contribution in [0.1, 0.15) is 19.3 Å². The highest BCUT2D eigenvalue weighted by Gasteiger charge is 2.40. The Bertz CT molecular complexity index is 739. The number of rotatable bonds is 5. The molecule has 0 spiro atoms. The van der Waals surface area contributed by atoms with Crippen molar-refractivity contribution in [3.8, 4) is 6.07 Å². The molecule has 0 radical (unpaired) electrons. The predicted octanol–water partition coefficient (Wildman–Crippen LogP) is 1.23. The molecule has 3 amide bonds. The molecule has 7 nitrogen and oxygen atoms in total. The average molecular weight is 354 g/mol. The highest BCUT2D eigenvalue weighted by molar-refractivity contribution is 5.94. The van der Waals surface area contributed by atoms with Gasteiger partial charge in [-0.1, -0.05) is 18.2 Å². The molecule has 7 heteroatoms. The van der Waals surface area contributed by atoms with Crippen molar-refractivity contribution in [1.82, 2.24) is 9.80 Å². The highest BCUT2D eigenvalue weighted by Crippen LogP contribution is 2.31. The molecule has 2 fully saturated rings. The first-order valence-corrected chi connectivity index (χ1v) is 8.79. The molecule has 1 heterocycles. The molecule has 2 unspecified atom stereocenters. The summed E-state index contributed by atoms with van der Waals surface area (Å²) in [5.74, 6) is -0.905. The van der Waals surface area contributed by atoms with Gasteiger partial charge in [0.25, 0.3) is 0 Å². The van der Waals surface area contributed by atoms with Gasteiger partial charge in [0.15, 0.2) is 0 Å². The van der Waals surface area contributed by atoms with Crippen molar-refractivity contribution in [1.29, 1.82) is 5.26 Å². The van der Waals surface area contributed by atoms with Crippen molar-refractivity contribution in [2.24, 2.45) is 11.8 Å². The van der Waals surface area contributed by atoms with E-state index in [4.69, 9.17) is 0 Å². The zero-order valence-corrected chi connectivity index (χ0v) is 14.7. The Labute approximate surface area is 152 Å². The molecule has 26 heavy (non-hydrogen) atoms. The first kappa shape index (κ1) is 17.9. The Morgan fingerprint density at radius 3 is 2.54 bits per heavy atom. The Hall–Kier alpha value is -2.88. The van der Waals surface area contributed by atoms with Crippen LogP contribution in [0.5, 0.6) is 0 Å². The molecule has 0 aromatic heterocycles. The summed E-state index contributed by atoms with van der Waals surface area (Å²) in [4.78, 5) is 39.9. The third-order valence-corrected chi connectivity index (χ3v) is 4.86. The van der Waals surface area contributed by atoms with Gasteiger partial charge in [-0.05, 0) is 31.4 Å². The minimum Gasteiger partial charge on any atom is -0.336 e. The topological polar surface area (TPSA) is 93.5 Å². The lowest BCUT2D eigenvalue weighted by atomic mass is 10.1. The smallest absolute Gasteiger partial charge is 0.243 e. The number of carbonyl (C=O) groups excluding carboxylic acids is 3. The van der Waals surface area contributed by atoms with Gasteiger partial charge < -0.3 is 15.1 Å². The minimum atomic E-state index is -0.640. The van der Waals surface area contributed by atoms with Crippen LogP contribution in [0.4, 0.5) is 5.69 Å². The molecule has 1 saturated heterocycles. The number of anilines is 1. The number of hydrogen-bond acceptors (Lipinski definition) is 4. The van der Waals surface area contributed by atoms with Crippen LogP contribution in [0.3, 0.4) is 0 Å². The van der Waals surface area contributed by atoms with Gasteiger partial charge >= 0.3 is 0 Å². The highest BCUT2D eigenvalue weighted by atomic mass is 16.2. The summed E-state index contributed by atoms with van der Waals surface area (Å²) in [5.41, 5.74) is 0.686. The van der Waals surface area contributed by atoms with E-state index in [-0.39, 0.29) is 36.7 Å². The Morgan fingerprint density at radius 2 is 1.92 bits per heavy atom. The maximum atomic E-state index is 12.5. The number of likely N-dealkylation sites (N-methyl/N-ethyl adjacent to an activating group) is 1. The fourth-order valence-electron chi connectivity index (χ4n) is 3.20. The van der Waals surface area contributed by atoms with E-state index in [1.807, 2.05) is 18.2 Å². The zero-order valence-electron chi connectivity index (χ0n) is 14.7. The monoisotopic (exact) mass is 354 g/mol. The van der Waals surface area contributed by atoms with Crippen LogP contribution in [-0.2, 0) is 14.4 Å². The second kappa shape index (κ2) is 7.56. The quantitative estimate of drug-likeness (QED) is 0.861. The molecule has 1 aliphatic heterocycles. The van der Waals surface area contributed by atoms with Crippen molar-refractivity contribution in [2.45, 2.75) is 25.3 Å². The van der Waals surface area contributed by atoms with Gasteiger partial charge in [-0.3, -0.25) is 14.4 Å². The van der Waals surface area contributed by atoms with E-state index in [9.17, 15) is 19.6 Å². The van der Waals surface area contributed by atoms with Crippen molar-refractivity contribution in [3.63, 3.8) is 0 Å². The van der Waals surface area contributed by atoms with Gasteiger partial charge in [-0.15, -0.1) is 0 Å². The van der Waals surface area contributed by atoms with Crippen molar-refractivity contribution < 1.29 is 14.4 Å². The summed E-state index contributed by atoms with van der Waals surface area (Å²) in [7, 11) is 1.61. The molecule has 2 aliphatic rings. The van der Waals surface area contributed by atoms with E-state index in [0.29, 0.717) is 12.1 Å². The maximum Gasteiger partial charge on any atom is 0.243 e. The second-order valence-corrected chi connectivity index (χ2v) is 6.95. The van der Waals surface area contributed by atoms with Crippen molar-refractivity contribution >= 4 is 23.4 Å². The van der Waals surface area contributed by atoms with Crippen LogP contribution >= 0.6 is 0 Å². The van der Waals surface area contributed by atoms with Gasteiger partial charge in [-0.25, -0.2) is 0 Å². The van der Waals surface area contributed by atoms with Crippen molar-refractivity contribution in [3.05, 3.63) is 30.3 Å². The van der Waals surface area contributed by atoms with Crippen LogP contribution in [0.2, 0.25) is 0 Å². The normalized spacial score (nSPS) is 21.8. The molecule has 1 saturated carbocycles. The fraction of sp³-hybridized carbons (Fsp3) is 0.474. The minimum absolute atomic E-state index is 0.0237. The number of hydrogen-bond donors (Lipinski definition) is 1. The lowest BCUT2D eigenvalue weighted by molar-refractivity contribution is -0.140. The standard InChI is InChI=1S/C19H22N4O3/c1-22(19(26)13-7-8-13)12-17(24)23-11-14(9-16(23)10-20)18(25)21-15-5-3-2-4-6-15/h2-6,13-14,16H,7-9,11-12H2,1H3,(H,21,25). The Balaban J connectivity index is 1.59. The third kappa shape index (κ3) is 4.02. The average Bonchev–Trinajstić information content (AvgIpc) is 3.39. The maximum absolute atomic E-state index is 12.5. The summed E-state index contributed by atoms with van der Waals surface area (Å²) in [5, 5.41) is 12.2. The van der Waals surface area contributed by atoms with Crippen LogP contribution in [0, 0.1) is 23.2 Å².